The maximum atomic E-state index is 10.4. The monoisotopic (exact) mass is 238 g/mol. The van der Waals surface area contributed by atoms with Crippen molar-refractivity contribution in [2.75, 3.05) is 0 Å². The zero-order valence-electron chi connectivity index (χ0n) is 11.8. The lowest BCUT2D eigenvalue weighted by Crippen LogP contribution is -2.39. The van der Waals surface area contributed by atoms with Gasteiger partial charge < -0.3 is 5.11 Å². The van der Waals surface area contributed by atoms with Crippen molar-refractivity contribution in [3.63, 3.8) is 0 Å². The van der Waals surface area contributed by atoms with E-state index in [1.54, 1.807) is 0 Å². The van der Waals surface area contributed by atoms with Crippen LogP contribution in [-0.4, -0.2) is 11.2 Å². The highest BCUT2D eigenvalue weighted by atomic mass is 16.3. The van der Waals surface area contributed by atoms with Crippen LogP contribution in [0.5, 0.6) is 0 Å². The second-order valence-electron chi connectivity index (χ2n) is 7.04. The summed E-state index contributed by atoms with van der Waals surface area (Å²) < 4.78 is 0. The Morgan fingerprint density at radius 3 is 2.82 bits per heavy atom. The predicted molar refractivity (Wildman–Crippen MR) is 72.9 cm³/mol. The van der Waals surface area contributed by atoms with E-state index in [1.165, 1.54) is 57.8 Å². The van der Waals surface area contributed by atoms with E-state index in [0.717, 1.165) is 12.3 Å². The molecule has 1 nitrogen and oxygen atoms in total. The van der Waals surface area contributed by atoms with Crippen molar-refractivity contribution in [3.05, 3.63) is 0 Å². The summed E-state index contributed by atoms with van der Waals surface area (Å²) in [6, 6.07) is 0. The van der Waals surface area contributed by atoms with Crippen LogP contribution in [0.25, 0.3) is 0 Å². The second kappa shape index (κ2) is 5.73. The van der Waals surface area contributed by atoms with Crippen molar-refractivity contribution in [1.82, 2.24) is 0 Å². The van der Waals surface area contributed by atoms with E-state index in [1.807, 2.05) is 0 Å². The number of unbranched alkanes of at least 4 members (excludes halogenated alkanes) is 2. The molecule has 0 saturated heterocycles. The van der Waals surface area contributed by atoms with Crippen LogP contribution < -0.4 is 0 Å². The molecule has 4 unspecified atom stereocenters. The van der Waals surface area contributed by atoms with E-state index in [4.69, 9.17) is 0 Å². The SMILES string of the molecule is CCCCCC(O)C1CC2CCCC(C)(C2)C1. The molecule has 0 aliphatic heterocycles. The summed E-state index contributed by atoms with van der Waals surface area (Å²) in [5, 5.41) is 10.4. The highest BCUT2D eigenvalue weighted by molar-refractivity contribution is 4.92. The number of rotatable bonds is 5. The number of fused-ring (bicyclic) bond motifs is 2. The molecule has 0 aromatic rings. The van der Waals surface area contributed by atoms with E-state index in [-0.39, 0.29) is 6.10 Å². The Balaban J connectivity index is 1.84. The van der Waals surface area contributed by atoms with Crippen molar-refractivity contribution in [1.29, 1.82) is 0 Å². The van der Waals surface area contributed by atoms with E-state index in [2.05, 4.69) is 13.8 Å². The Kier molecular flexibility index (Phi) is 4.52. The first-order valence-electron chi connectivity index (χ1n) is 7.81. The first-order chi connectivity index (χ1) is 8.13. The lowest BCUT2D eigenvalue weighted by Gasteiger charge is -2.47. The summed E-state index contributed by atoms with van der Waals surface area (Å²) in [5.74, 6) is 1.53. The minimum Gasteiger partial charge on any atom is -0.393 e. The molecule has 2 fully saturated rings. The fourth-order valence-electron chi connectivity index (χ4n) is 4.38. The molecule has 2 saturated carbocycles. The van der Waals surface area contributed by atoms with Gasteiger partial charge in [0, 0.05) is 0 Å². The number of hydrogen-bond donors (Lipinski definition) is 1. The van der Waals surface area contributed by atoms with Crippen molar-refractivity contribution in [3.8, 4) is 0 Å². The summed E-state index contributed by atoms with van der Waals surface area (Å²) in [7, 11) is 0. The largest absolute Gasteiger partial charge is 0.393 e. The number of aliphatic hydroxyl groups excluding tert-OH is 1. The van der Waals surface area contributed by atoms with Crippen LogP contribution in [0.15, 0.2) is 0 Å². The van der Waals surface area contributed by atoms with Crippen LogP contribution in [0, 0.1) is 17.3 Å². The zero-order chi connectivity index (χ0) is 12.3. The molecular formula is C16H30O. The minimum absolute atomic E-state index is 0.0122. The van der Waals surface area contributed by atoms with Crippen LogP contribution in [0.1, 0.15) is 78.1 Å². The molecule has 4 atom stereocenters. The maximum absolute atomic E-state index is 10.4. The molecule has 0 heterocycles. The average Bonchev–Trinajstić information content (AvgIpc) is 2.27. The molecule has 0 radical (unpaired) electrons. The predicted octanol–water partition coefficient (Wildman–Crippen LogP) is 4.53. The summed E-state index contributed by atoms with van der Waals surface area (Å²) in [6.07, 6.45) is 13.1. The average molecular weight is 238 g/mol. The van der Waals surface area contributed by atoms with Gasteiger partial charge in [-0.25, -0.2) is 0 Å². The Morgan fingerprint density at radius 1 is 1.29 bits per heavy atom. The second-order valence-corrected chi connectivity index (χ2v) is 7.04. The zero-order valence-corrected chi connectivity index (χ0v) is 11.8. The normalized spacial score (nSPS) is 39.0. The smallest absolute Gasteiger partial charge is 0.0568 e. The van der Waals surface area contributed by atoms with Crippen molar-refractivity contribution < 1.29 is 5.11 Å². The van der Waals surface area contributed by atoms with E-state index in [0.29, 0.717) is 11.3 Å². The molecule has 100 valence electrons. The van der Waals surface area contributed by atoms with Crippen LogP contribution in [0.2, 0.25) is 0 Å². The quantitative estimate of drug-likeness (QED) is 0.697. The van der Waals surface area contributed by atoms with E-state index in [9.17, 15) is 5.11 Å². The van der Waals surface area contributed by atoms with Crippen LogP contribution in [0.4, 0.5) is 0 Å². The minimum atomic E-state index is -0.0122. The van der Waals surface area contributed by atoms with Gasteiger partial charge in [0.25, 0.3) is 0 Å². The van der Waals surface area contributed by atoms with Gasteiger partial charge in [0.05, 0.1) is 6.10 Å². The topological polar surface area (TPSA) is 20.2 Å². The Bertz CT molecular complexity index is 238. The van der Waals surface area contributed by atoms with Gasteiger partial charge in [-0.3, -0.25) is 0 Å². The van der Waals surface area contributed by atoms with Crippen molar-refractivity contribution in [2.45, 2.75) is 84.2 Å². The number of aliphatic hydroxyl groups is 1. The third kappa shape index (κ3) is 3.47. The van der Waals surface area contributed by atoms with Gasteiger partial charge in [-0.2, -0.15) is 0 Å². The molecule has 0 amide bonds. The van der Waals surface area contributed by atoms with Crippen molar-refractivity contribution in [2.24, 2.45) is 17.3 Å². The molecular weight excluding hydrogens is 208 g/mol. The van der Waals surface area contributed by atoms with Gasteiger partial charge in [-0.05, 0) is 49.4 Å². The Morgan fingerprint density at radius 2 is 2.12 bits per heavy atom. The van der Waals surface area contributed by atoms with Crippen LogP contribution in [-0.2, 0) is 0 Å². The Hall–Kier alpha value is -0.0400. The fraction of sp³-hybridized carbons (Fsp3) is 1.00. The molecule has 0 spiro atoms. The van der Waals surface area contributed by atoms with Crippen LogP contribution in [0.3, 0.4) is 0 Å². The summed E-state index contributed by atoms with van der Waals surface area (Å²) >= 11 is 0. The highest BCUT2D eigenvalue weighted by Crippen LogP contribution is 2.51. The van der Waals surface area contributed by atoms with E-state index < -0.39 is 0 Å². The summed E-state index contributed by atoms with van der Waals surface area (Å²) in [6.45, 7) is 4.70. The molecule has 2 rings (SSSR count). The molecule has 17 heavy (non-hydrogen) atoms. The maximum Gasteiger partial charge on any atom is 0.0568 e. The molecule has 0 aromatic heterocycles. The van der Waals surface area contributed by atoms with Gasteiger partial charge in [-0.1, -0.05) is 46.0 Å². The van der Waals surface area contributed by atoms with Gasteiger partial charge >= 0.3 is 0 Å². The van der Waals surface area contributed by atoms with Crippen molar-refractivity contribution >= 4 is 0 Å². The summed E-state index contributed by atoms with van der Waals surface area (Å²) in [5.41, 5.74) is 0.567. The van der Waals surface area contributed by atoms with Gasteiger partial charge in [-0.15, -0.1) is 0 Å². The van der Waals surface area contributed by atoms with E-state index >= 15 is 0 Å². The van der Waals surface area contributed by atoms with Gasteiger partial charge in [0.2, 0.25) is 0 Å². The molecule has 2 bridgehead atoms. The molecule has 1 N–H and O–H groups in total. The lowest BCUT2D eigenvalue weighted by atomic mass is 9.59. The molecule has 2 aliphatic rings. The molecule has 0 aromatic carbocycles. The first kappa shape index (κ1) is 13.4. The Labute approximate surface area is 107 Å². The number of hydrogen-bond acceptors (Lipinski definition) is 1. The molecule has 1 heteroatoms. The van der Waals surface area contributed by atoms with Crippen LogP contribution >= 0.6 is 0 Å². The van der Waals surface area contributed by atoms with Gasteiger partial charge in [0.15, 0.2) is 0 Å². The highest BCUT2D eigenvalue weighted by Gasteiger charge is 2.41. The standard InChI is InChI=1S/C16H30O/c1-3-4-5-8-15(17)14-10-13-7-6-9-16(2,11-13)12-14/h13-15,17H,3-12H2,1-2H3. The third-order valence-electron chi connectivity index (χ3n) is 5.21. The molecule has 2 aliphatic carbocycles. The summed E-state index contributed by atoms with van der Waals surface area (Å²) in [4.78, 5) is 0. The first-order valence-corrected chi connectivity index (χ1v) is 7.81. The van der Waals surface area contributed by atoms with Gasteiger partial charge in [0.1, 0.15) is 0 Å². The lowest BCUT2D eigenvalue weighted by molar-refractivity contribution is -0.0124. The third-order valence-corrected chi connectivity index (χ3v) is 5.21. The fourth-order valence-corrected chi connectivity index (χ4v) is 4.38.